The van der Waals surface area contributed by atoms with Gasteiger partial charge in [-0.1, -0.05) is 54.3 Å². The predicted octanol–water partition coefficient (Wildman–Crippen LogP) is 5.38. The molecule has 5 rings (SSSR count). The number of carbonyl (C=O) groups is 2. The number of benzene rings is 3. The van der Waals surface area contributed by atoms with Crippen LogP contribution >= 0.6 is 24.0 Å². The van der Waals surface area contributed by atoms with Gasteiger partial charge in [0.05, 0.1) is 29.3 Å². The first kappa shape index (κ1) is 23.8. The van der Waals surface area contributed by atoms with Crippen molar-refractivity contribution in [3.05, 3.63) is 88.5 Å². The highest BCUT2D eigenvalue weighted by Crippen LogP contribution is 2.36. The van der Waals surface area contributed by atoms with Gasteiger partial charge in [0.1, 0.15) is 10.1 Å². The van der Waals surface area contributed by atoms with Crippen LogP contribution in [0.2, 0.25) is 0 Å². The number of thiocarbonyl (C=S) groups is 1. The second-order valence-corrected chi connectivity index (χ2v) is 9.89. The molecule has 0 aliphatic carbocycles. The summed E-state index contributed by atoms with van der Waals surface area (Å²) in [5.41, 5.74) is 4.84. The molecular formula is C27H21N3O4S2. The van der Waals surface area contributed by atoms with Gasteiger partial charge in [-0.15, -0.1) is 0 Å². The Balaban J connectivity index is 1.36. The molecule has 1 saturated heterocycles. The van der Waals surface area contributed by atoms with Crippen molar-refractivity contribution in [3.8, 4) is 16.9 Å². The zero-order valence-corrected chi connectivity index (χ0v) is 20.9. The molecular weight excluding hydrogens is 494 g/mol. The Hall–Kier alpha value is -3.95. The Morgan fingerprint density at radius 1 is 1.17 bits per heavy atom. The molecule has 1 aliphatic heterocycles. The van der Waals surface area contributed by atoms with Crippen LogP contribution in [0.5, 0.6) is 5.75 Å². The van der Waals surface area contributed by atoms with Crippen molar-refractivity contribution in [2.45, 2.75) is 6.42 Å². The lowest BCUT2D eigenvalue weighted by molar-refractivity contribution is -0.122. The summed E-state index contributed by atoms with van der Waals surface area (Å²) in [7, 11) is 1.63. The lowest BCUT2D eigenvalue weighted by atomic mass is 10.0. The van der Waals surface area contributed by atoms with Gasteiger partial charge in [-0.2, -0.15) is 5.10 Å². The number of methoxy groups -OCH3 is 1. The smallest absolute Gasteiger partial charge is 0.335 e. The molecule has 7 nitrogen and oxygen atoms in total. The van der Waals surface area contributed by atoms with Crippen molar-refractivity contribution < 1.29 is 19.4 Å². The van der Waals surface area contributed by atoms with Gasteiger partial charge in [0.25, 0.3) is 5.91 Å². The van der Waals surface area contributed by atoms with Crippen LogP contribution in [0.15, 0.2) is 71.8 Å². The summed E-state index contributed by atoms with van der Waals surface area (Å²) < 4.78 is 6.09. The maximum absolute atomic E-state index is 13.1. The quantitative estimate of drug-likeness (QED) is 0.252. The van der Waals surface area contributed by atoms with Gasteiger partial charge in [-0.3, -0.25) is 14.8 Å². The Morgan fingerprint density at radius 2 is 1.97 bits per heavy atom. The van der Waals surface area contributed by atoms with Crippen molar-refractivity contribution in [1.82, 2.24) is 15.1 Å². The van der Waals surface area contributed by atoms with E-state index in [9.17, 15) is 9.59 Å². The fourth-order valence-corrected chi connectivity index (χ4v) is 5.35. The van der Waals surface area contributed by atoms with Gasteiger partial charge in [-0.05, 0) is 59.5 Å². The van der Waals surface area contributed by atoms with Gasteiger partial charge in [0.15, 0.2) is 0 Å². The molecule has 1 amide bonds. The maximum Gasteiger partial charge on any atom is 0.335 e. The molecule has 9 heteroatoms. The zero-order chi connectivity index (χ0) is 25.2. The fourth-order valence-electron chi connectivity index (χ4n) is 4.04. The molecule has 2 heterocycles. The number of H-pyrrole nitrogens is 1. The first-order valence-electron chi connectivity index (χ1n) is 11.1. The van der Waals surface area contributed by atoms with E-state index < -0.39 is 5.97 Å². The molecule has 0 saturated carbocycles. The van der Waals surface area contributed by atoms with E-state index in [0.29, 0.717) is 22.2 Å². The Labute approximate surface area is 216 Å². The normalized spacial score (nSPS) is 14.7. The number of fused-ring (bicyclic) bond motifs is 1. The molecule has 4 aromatic rings. The minimum Gasteiger partial charge on any atom is -0.496 e. The number of ether oxygens (including phenoxy) is 1. The highest BCUT2D eigenvalue weighted by molar-refractivity contribution is 8.26. The molecule has 2 N–H and O–H groups in total. The van der Waals surface area contributed by atoms with E-state index in [1.165, 1.54) is 11.8 Å². The standard InChI is InChI=1S/C27H21N3O4S2/c1-34-23-9-4-17(12-21(23)19-7-8-20-15-28-29-22(20)14-19)13-24-25(31)30(27(35)36-24)11-10-16-2-5-18(6-3-16)26(32)33/h2-9,12-15H,10-11H2,1H3,(H,28,29)(H,32,33). The molecule has 1 aliphatic rings. The Morgan fingerprint density at radius 3 is 2.72 bits per heavy atom. The van der Waals surface area contributed by atoms with Crippen LogP contribution in [0.3, 0.4) is 0 Å². The third-order valence-corrected chi connectivity index (χ3v) is 7.35. The average molecular weight is 516 g/mol. The van der Waals surface area contributed by atoms with E-state index >= 15 is 0 Å². The summed E-state index contributed by atoms with van der Waals surface area (Å²) in [6, 6.07) is 18.5. The number of aromatic amines is 1. The lowest BCUT2D eigenvalue weighted by Crippen LogP contribution is -2.30. The largest absolute Gasteiger partial charge is 0.496 e. The summed E-state index contributed by atoms with van der Waals surface area (Å²) in [6.07, 6.45) is 4.20. The van der Waals surface area contributed by atoms with Gasteiger partial charge in [-0.25, -0.2) is 4.79 Å². The number of amides is 1. The van der Waals surface area contributed by atoms with E-state index in [1.807, 2.05) is 42.5 Å². The molecule has 3 aromatic carbocycles. The monoisotopic (exact) mass is 515 g/mol. The number of nitrogens with zero attached hydrogens (tertiary/aromatic N) is 2. The van der Waals surface area contributed by atoms with Crippen molar-refractivity contribution in [1.29, 1.82) is 0 Å². The number of hydrogen-bond acceptors (Lipinski definition) is 6. The number of carboxylic acid groups (broad SMARTS) is 1. The topological polar surface area (TPSA) is 95.5 Å². The minimum absolute atomic E-state index is 0.136. The first-order valence-corrected chi connectivity index (χ1v) is 12.3. The number of carbonyl (C=O) groups excluding carboxylic acids is 1. The van der Waals surface area contributed by atoms with Crippen molar-refractivity contribution in [2.24, 2.45) is 0 Å². The van der Waals surface area contributed by atoms with Crippen LogP contribution in [-0.2, 0) is 11.2 Å². The van der Waals surface area contributed by atoms with E-state index in [0.717, 1.165) is 38.9 Å². The third-order valence-electron chi connectivity index (χ3n) is 5.97. The van der Waals surface area contributed by atoms with Crippen molar-refractivity contribution in [2.75, 3.05) is 13.7 Å². The number of hydrogen-bond donors (Lipinski definition) is 2. The summed E-state index contributed by atoms with van der Waals surface area (Å²) in [4.78, 5) is 26.3. The summed E-state index contributed by atoms with van der Waals surface area (Å²) >= 11 is 6.76. The molecule has 0 spiro atoms. The average Bonchev–Trinajstić information content (AvgIpc) is 3.46. The molecule has 0 radical (unpaired) electrons. The van der Waals surface area contributed by atoms with Crippen LogP contribution in [-0.4, -0.2) is 50.1 Å². The number of aromatic nitrogens is 2. The van der Waals surface area contributed by atoms with Crippen LogP contribution in [0.25, 0.3) is 28.1 Å². The number of aromatic carboxylic acids is 1. The molecule has 1 aromatic heterocycles. The maximum atomic E-state index is 13.1. The van der Waals surface area contributed by atoms with Crippen molar-refractivity contribution in [3.63, 3.8) is 0 Å². The number of rotatable bonds is 7. The van der Waals surface area contributed by atoms with Crippen LogP contribution < -0.4 is 4.74 Å². The summed E-state index contributed by atoms with van der Waals surface area (Å²) in [5, 5.41) is 17.2. The number of thioether (sulfide) groups is 1. The zero-order valence-electron chi connectivity index (χ0n) is 19.2. The molecule has 0 bridgehead atoms. The number of carboxylic acids is 1. The SMILES string of the molecule is COc1ccc(C=C2SC(=S)N(CCc3ccc(C(=O)O)cc3)C2=O)cc1-c1ccc2cn[nH]c2c1. The highest BCUT2D eigenvalue weighted by atomic mass is 32.2. The first-order chi connectivity index (χ1) is 17.4. The summed E-state index contributed by atoms with van der Waals surface area (Å²) in [6.45, 7) is 0.423. The highest BCUT2D eigenvalue weighted by Gasteiger charge is 2.31. The second-order valence-electron chi connectivity index (χ2n) is 8.22. The lowest BCUT2D eigenvalue weighted by Gasteiger charge is -2.14. The van der Waals surface area contributed by atoms with E-state index in [2.05, 4.69) is 10.2 Å². The van der Waals surface area contributed by atoms with E-state index in [4.69, 9.17) is 22.1 Å². The van der Waals surface area contributed by atoms with Gasteiger partial charge < -0.3 is 9.84 Å². The van der Waals surface area contributed by atoms with Gasteiger partial charge in [0.2, 0.25) is 0 Å². The van der Waals surface area contributed by atoms with Crippen LogP contribution in [0.1, 0.15) is 21.5 Å². The molecule has 0 unspecified atom stereocenters. The van der Waals surface area contributed by atoms with Gasteiger partial charge in [0, 0.05) is 17.5 Å². The molecule has 180 valence electrons. The summed E-state index contributed by atoms with van der Waals surface area (Å²) in [5.74, 6) is -0.372. The van der Waals surface area contributed by atoms with E-state index in [-0.39, 0.29) is 11.5 Å². The Bertz CT molecular complexity index is 1530. The fraction of sp³-hybridized carbons (Fsp3) is 0.111. The van der Waals surface area contributed by atoms with Crippen LogP contribution in [0, 0.1) is 0 Å². The third kappa shape index (κ3) is 4.75. The molecule has 0 atom stereocenters. The second kappa shape index (κ2) is 9.96. The predicted molar refractivity (Wildman–Crippen MR) is 145 cm³/mol. The molecule has 1 fully saturated rings. The molecule has 36 heavy (non-hydrogen) atoms. The Kier molecular flexibility index (Phi) is 6.58. The van der Waals surface area contributed by atoms with Crippen LogP contribution in [0.4, 0.5) is 0 Å². The number of nitrogens with one attached hydrogen (secondary N) is 1. The van der Waals surface area contributed by atoms with Crippen molar-refractivity contribution >= 4 is 57.2 Å². The van der Waals surface area contributed by atoms with E-state index in [1.54, 1.807) is 42.5 Å². The minimum atomic E-state index is -0.966. The van der Waals surface area contributed by atoms with Gasteiger partial charge >= 0.3 is 5.97 Å².